The number of carbonyl (C=O) groups excluding carboxylic acids is 2. The standard InChI is InChI=1S/C28H32BrClO7/c1-14(2)12-19(31)17-10-11-20-21(24(17)34-4)28(33)35-13-18-23(30)15(3)22(29)26(25(18)36-20)37-27(32)16-8-6-5-7-9-16/h10-11,14,16,19,31H,5-9,12-13H2,1-4H3/t19-/m0/s1. The number of cyclic esters (lactones) is 1. The van der Waals surface area contributed by atoms with Gasteiger partial charge in [-0.25, -0.2) is 4.79 Å². The third-order valence-corrected chi connectivity index (χ3v) is 8.38. The van der Waals surface area contributed by atoms with Gasteiger partial charge < -0.3 is 24.1 Å². The van der Waals surface area contributed by atoms with Crippen LogP contribution in [0, 0.1) is 18.8 Å². The van der Waals surface area contributed by atoms with Gasteiger partial charge in [0.25, 0.3) is 0 Å². The first-order chi connectivity index (χ1) is 17.6. The van der Waals surface area contributed by atoms with Crippen LogP contribution in [0.25, 0.3) is 0 Å². The Hall–Kier alpha value is -2.29. The second-order valence-corrected chi connectivity index (χ2v) is 11.2. The van der Waals surface area contributed by atoms with Gasteiger partial charge in [-0.05, 0) is 65.7 Å². The molecule has 1 atom stereocenters. The number of aliphatic hydroxyl groups excluding tert-OH is 1. The molecule has 0 amide bonds. The van der Waals surface area contributed by atoms with Crippen molar-refractivity contribution in [3.05, 3.63) is 43.9 Å². The predicted octanol–water partition coefficient (Wildman–Crippen LogP) is 7.45. The summed E-state index contributed by atoms with van der Waals surface area (Å²) >= 11 is 10.2. The number of fused-ring (bicyclic) bond motifs is 2. The van der Waals surface area contributed by atoms with Crippen molar-refractivity contribution in [2.75, 3.05) is 7.11 Å². The summed E-state index contributed by atoms with van der Waals surface area (Å²) in [6, 6.07) is 3.25. The maximum atomic E-state index is 13.2. The predicted molar refractivity (Wildman–Crippen MR) is 143 cm³/mol. The molecule has 0 spiro atoms. The highest BCUT2D eigenvalue weighted by Crippen LogP contribution is 2.50. The number of benzene rings is 2. The maximum Gasteiger partial charge on any atom is 0.346 e. The zero-order valence-electron chi connectivity index (χ0n) is 21.5. The van der Waals surface area contributed by atoms with E-state index in [0.717, 1.165) is 32.1 Å². The number of esters is 2. The van der Waals surface area contributed by atoms with Gasteiger partial charge in [-0.1, -0.05) is 44.7 Å². The van der Waals surface area contributed by atoms with Gasteiger partial charge in [-0.3, -0.25) is 4.79 Å². The number of carbonyl (C=O) groups is 2. The zero-order valence-corrected chi connectivity index (χ0v) is 23.8. The van der Waals surface area contributed by atoms with E-state index in [1.807, 2.05) is 13.8 Å². The summed E-state index contributed by atoms with van der Waals surface area (Å²) in [5, 5.41) is 11.1. The molecule has 1 fully saturated rings. The molecule has 1 aliphatic carbocycles. The molecule has 0 aromatic heterocycles. The number of hydrogen-bond donors (Lipinski definition) is 1. The molecule has 1 N–H and O–H groups in total. The van der Waals surface area contributed by atoms with Crippen LogP contribution in [0.3, 0.4) is 0 Å². The number of aliphatic hydroxyl groups is 1. The van der Waals surface area contributed by atoms with Crippen LogP contribution in [-0.4, -0.2) is 24.2 Å². The van der Waals surface area contributed by atoms with Crippen molar-refractivity contribution in [2.24, 2.45) is 11.8 Å². The summed E-state index contributed by atoms with van der Waals surface area (Å²) in [7, 11) is 1.43. The average Bonchev–Trinajstić information content (AvgIpc) is 2.87. The van der Waals surface area contributed by atoms with Crippen molar-refractivity contribution < 1.29 is 33.6 Å². The van der Waals surface area contributed by atoms with E-state index in [4.69, 9.17) is 30.5 Å². The van der Waals surface area contributed by atoms with Gasteiger partial charge in [-0.15, -0.1) is 0 Å². The molecule has 4 rings (SSSR count). The van der Waals surface area contributed by atoms with Crippen molar-refractivity contribution in [3.63, 3.8) is 0 Å². The number of halogens is 2. The van der Waals surface area contributed by atoms with Crippen molar-refractivity contribution in [2.45, 2.75) is 72.0 Å². The molecule has 0 saturated heterocycles. The Bertz CT molecular complexity index is 1200. The lowest BCUT2D eigenvalue weighted by Gasteiger charge is -2.26. The quantitative estimate of drug-likeness (QED) is 0.274. The Morgan fingerprint density at radius 2 is 1.92 bits per heavy atom. The molecule has 1 saturated carbocycles. The van der Waals surface area contributed by atoms with Crippen molar-refractivity contribution in [1.29, 1.82) is 0 Å². The zero-order chi connectivity index (χ0) is 26.9. The third-order valence-electron chi connectivity index (χ3n) is 6.92. The summed E-state index contributed by atoms with van der Waals surface area (Å²) in [6.45, 7) is 5.58. The highest BCUT2D eigenvalue weighted by molar-refractivity contribution is 9.10. The molecule has 2 aliphatic rings. The van der Waals surface area contributed by atoms with Crippen molar-refractivity contribution in [1.82, 2.24) is 0 Å². The molecule has 0 unspecified atom stereocenters. The smallest absolute Gasteiger partial charge is 0.346 e. The van der Waals surface area contributed by atoms with E-state index in [9.17, 15) is 14.7 Å². The van der Waals surface area contributed by atoms with Crippen LogP contribution in [0.2, 0.25) is 5.02 Å². The van der Waals surface area contributed by atoms with E-state index in [2.05, 4.69) is 15.9 Å². The minimum atomic E-state index is -0.843. The fourth-order valence-corrected chi connectivity index (χ4v) is 5.72. The first-order valence-electron chi connectivity index (χ1n) is 12.6. The van der Waals surface area contributed by atoms with Crippen LogP contribution in [0.5, 0.6) is 23.0 Å². The minimum Gasteiger partial charge on any atom is -0.495 e. The Kier molecular flexibility index (Phi) is 8.71. The van der Waals surface area contributed by atoms with Crippen LogP contribution in [0.1, 0.15) is 85.5 Å². The van der Waals surface area contributed by atoms with Crippen LogP contribution in [-0.2, 0) is 16.1 Å². The van der Waals surface area contributed by atoms with Gasteiger partial charge >= 0.3 is 11.9 Å². The molecule has 1 heterocycles. The number of hydrogen-bond acceptors (Lipinski definition) is 7. The number of rotatable bonds is 6. The van der Waals surface area contributed by atoms with Gasteiger partial charge in [0.15, 0.2) is 11.5 Å². The topological polar surface area (TPSA) is 91.3 Å². The maximum absolute atomic E-state index is 13.2. The third kappa shape index (κ3) is 5.61. The van der Waals surface area contributed by atoms with Gasteiger partial charge in [-0.2, -0.15) is 0 Å². The summed E-state index contributed by atoms with van der Waals surface area (Å²) in [5.41, 5.74) is 1.54. The summed E-state index contributed by atoms with van der Waals surface area (Å²) in [5.74, 6) is -0.248. The largest absolute Gasteiger partial charge is 0.495 e. The van der Waals surface area contributed by atoms with Crippen LogP contribution >= 0.6 is 27.5 Å². The second-order valence-electron chi connectivity index (χ2n) is 10.0. The van der Waals surface area contributed by atoms with Crippen LogP contribution in [0.4, 0.5) is 0 Å². The van der Waals surface area contributed by atoms with E-state index in [0.29, 0.717) is 32.6 Å². The summed E-state index contributed by atoms with van der Waals surface area (Å²) in [4.78, 5) is 26.3. The van der Waals surface area contributed by atoms with Gasteiger partial charge in [0.05, 0.1) is 34.2 Å². The summed E-state index contributed by atoms with van der Waals surface area (Å²) < 4.78 is 23.9. The molecule has 0 radical (unpaired) electrons. The first kappa shape index (κ1) is 27.7. The minimum absolute atomic E-state index is 0.0471. The highest BCUT2D eigenvalue weighted by atomic mass is 79.9. The SMILES string of the molecule is COc1c([C@@H](O)CC(C)C)ccc2c1C(=O)OCc1c(Cl)c(C)c(Br)c(OC(=O)C3CCCCC3)c1O2. The lowest BCUT2D eigenvalue weighted by molar-refractivity contribution is -0.140. The molecule has 1 aliphatic heterocycles. The van der Waals surface area contributed by atoms with E-state index >= 15 is 0 Å². The average molecular weight is 596 g/mol. The second kappa shape index (κ2) is 11.6. The van der Waals surface area contributed by atoms with E-state index in [1.165, 1.54) is 7.11 Å². The molecule has 7 nitrogen and oxygen atoms in total. The van der Waals surface area contributed by atoms with Crippen LogP contribution in [0.15, 0.2) is 16.6 Å². The Morgan fingerprint density at radius 1 is 1.22 bits per heavy atom. The first-order valence-corrected chi connectivity index (χ1v) is 13.8. The van der Waals surface area contributed by atoms with E-state index in [1.54, 1.807) is 19.1 Å². The lowest BCUT2D eigenvalue weighted by atomic mass is 9.89. The fourth-order valence-electron chi connectivity index (χ4n) is 4.91. The van der Waals surface area contributed by atoms with Gasteiger partial charge in [0, 0.05) is 5.56 Å². The molecule has 9 heteroatoms. The Morgan fingerprint density at radius 3 is 2.57 bits per heavy atom. The highest BCUT2D eigenvalue weighted by Gasteiger charge is 2.34. The van der Waals surface area contributed by atoms with Crippen LogP contribution < -0.4 is 14.2 Å². The molecule has 2 aromatic carbocycles. The lowest BCUT2D eigenvalue weighted by Crippen LogP contribution is -2.23. The molecule has 200 valence electrons. The summed E-state index contributed by atoms with van der Waals surface area (Å²) in [6.07, 6.45) is 4.30. The van der Waals surface area contributed by atoms with Crippen molar-refractivity contribution in [3.8, 4) is 23.0 Å². The molecule has 2 aromatic rings. The van der Waals surface area contributed by atoms with Gasteiger partial charge in [0.2, 0.25) is 0 Å². The van der Waals surface area contributed by atoms with E-state index < -0.39 is 12.1 Å². The Balaban J connectivity index is 1.82. The fraction of sp³-hybridized carbons (Fsp3) is 0.500. The molecule has 0 bridgehead atoms. The van der Waals surface area contributed by atoms with E-state index in [-0.39, 0.29) is 53.0 Å². The number of ether oxygens (including phenoxy) is 4. The van der Waals surface area contributed by atoms with Gasteiger partial charge in [0.1, 0.15) is 23.7 Å². The molecular formula is C28H32BrClO7. The Labute approximate surface area is 230 Å². The molecular weight excluding hydrogens is 564 g/mol. The monoisotopic (exact) mass is 594 g/mol. The number of methoxy groups -OCH3 is 1. The molecule has 37 heavy (non-hydrogen) atoms. The van der Waals surface area contributed by atoms with Crippen molar-refractivity contribution >= 4 is 39.5 Å². The normalized spacial score (nSPS) is 16.6.